The molecule has 0 aromatic carbocycles. The molecule has 5 rings (SSSR count). The van der Waals surface area contributed by atoms with E-state index in [1.807, 2.05) is 6.26 Å². The number of fused-ring (bicyclic) bond motifs is 1. The van der Waals surface area contributed by atoms with E-state index in [1.54, 1.807) is 29.4 Å². The van der Waals surface area contributed by atoms with E-state index in [0.717, 1.165) is 17.7 Å². The fourth-order valence-electron chi connectivity index (χ4n) is 5.22. The lowest BCUT2D eigenvalue weighted by Crippen LogP contribution is -2.46. The molecule has 1 unspecified atom stereocenters. The van der Waals surface area contributed by atoms with Crippen LogP contribution in [0.2, 0.25) is 0 Å². The lowest BCUT2D eigenvalue weighted by molar-refractivity contribution is -0.133. The second-order valence-corrected chi connectivity index (χ2v) is 11.0. The summed E-state index contributed by atoms with van der Waals surface area (Å²) < 4.78 is 34.5. The molecule has 3 aromatic heterocycles. The molecule has 1 saturated heterocycles. The maximum atomic E-state index is 13.4. The molecule has 2 amide bonds. The maximum Gasteiger partial charge on any atom is 0.387 e. The van der Waals surface area contributed by atoms with Gasteiger partial charge in [0.1, 0.15) is 17.9 Å². The zero-order chi connectivity index (χ0) is 30.3. The number of nitrogens with one attached hydrogen (secondary N) is 2. The summed E-state index contributed by atoms with van der Waals surface area (Å²) in [5, 5.41) is 23.7. The van der Waals surface area contributed by atoms with E-state index in [9.17, 15) is 18.4 Å². The molecule has 1 aliphatic carbocycles. The van der Waals surface area contributed by atoms with Crippen molar-refractivity contribution in [2.45, 2.75) is 50.8 Å². The summed E-state index contributed by atoms with van der Waals surface area (Å²) in [6.45, 7) is -1.41. The Bertz CT molecular complexity index is 1570. The number of nitrogens with zero attached hydrogens (tertiary/aromatic N) is 7. The number of amides is 2. The highest BCUT2D eigenvalue weighted by atomic mass is 32.2. The SMILES string of the molecule is CSC1=CC=C(OC(F)F)C(c2nn(CC(=O)N3CCC(NCCC#N)CC3)cc2NC(=O)c2cnn3cccnc23)C1. The molecule has 1 fully saturated rings. The normalized spacial score (nSPS) is 17.5. The molecule has 2 aliphatic rings. The summed E-state index contributed by atoms with van der Waals surface area (Å²) in [6.07, 6.45) is 13.5. The van der Waals surface area contributed by atoms with Gasteiger partial charge in [0.25, 0.3) is 5.91 Å². The minimum atomic E-state index is -3.04. The fraction of sp³-hybridized carbons (Fsp3) is 0.429. The number of ether oxygens (including phenoxy) is 1. The van der Waals surface area contributed by atoms with Gasteiger partial charge in [-0.25, -0.2) is 9.50 Å². The van der Waals surface area contributed by atoms with Crippen LogP contribution >= 0.6 is 11.8 Å². The quantitative estimate of drug-likeness (QED) is 0.311. The monoisotopic (exact) mass is 611 g/mol. The van der Waals surface area contributed by atoms with Gasteiger partial charge in [-0.3, -0.25) is 14.3 Å². The number of rotatable bonds is 11. The van der Waals surface area contributed by atoms with Gasteiger partial charge in [-0.05, 0) is 48.6 Å². The zero-order valence-electron chi connectivity index (χ0n) is 23.4. The summed E-state index contributed by atoms with van der Waals surface area (Å²) in [6, 6.07) is 4.05. The van der Waals surface area contributed by atoms with Crippen LogP contribution < -0.4 is 10.6 Å². The van der Waals surface area contributed by atoms with Crippen LogP contribution in [0.15, 0.2) is 53.7 Å². The molecule has 2 N–H and O–H groups in total. The summed E-state index contributed by atoms with van der Waals surface area (Å²) in [4.78, 5) is 33.5. The minimum Gasteiger partial charge on any atom is -0.439 e. The molecule has 43 heavy (non-hydrogen) atoms. The van der Waals surface area contributed by atoms with Crippen molar-refractivity contribution in [2.24, 2.45) is 0 Å². The first-order chi connectivity index (χ1) is 20.9. The second-order valence-electron chi connectivity index (χ2n) is 10.1. The predicted molar refractivity (Wildman–Crippen MR) is 155 cm³/mol. The van der Waals surface area contributed by atoms with Gasteiger partial charge in [0.05, 0.1) is 29.6 Å². The summed E-state index contributed by atoms with van der Waals surface area (Å²) in [5.41, 5.74) is 1.14. The van der Waals surface area contributed by atoms with Crippen molar-refractivity contribution in [3.8, 4) is 6.07 Å². The first-order valence-electron chi connectivity index (χ1n) is 13.8. The average molecular weight is 612 g/mol. The molecule has 15 heteroatoms. The van der Waals surface area contributed by atoms with Crippen molar-refractivity contribution >= 4 is 34.9 Å². The Hall–Kier alpha value is -4.29. The maximum absolute atomic E-state index is 13.4. The molecule has 0 saturated carbocycles. The highest BCUT2D eigenvalue weighted by molar-refractivity contribution is 8.02. The van der Waals surface area contributed by atoms with E-state index >= 15 is 0 Å². The van der Waals surface area contributed by atoms with Crippen LogP contribution in [-0.2, 0) is 16.1 Å². The highest BCUT2D eigenvalue weighted by Crippen LogP contribution is 2.41. The third-order valence-electron chi connectivity index (χ3n) is 7.38. The Morgan fingerprint density at radius 1 is 1.28 bits per heavy atom. The Balaban J connectivity index is 1.38. The van der Waals surface area contributed by atoms with Crippen LogP contribution in [0.1, 0.15) is 47.7 Å². The van der Waals surface area contributed by atoms with Crippen molar-refractivity contribution < 1.29 is 23.1 Å². The third kappa shape index (κ3) is 7.20. The molecular formula is C28H31F2N9O3S. The summed E-state index contributed by atoms with van der Waals surface area (Å²) >= 11 is 1.48. The number of thioether (sulfide) groups is 1. The largest absolute Gasteiger partial charge is 0.439 e. The number of likely N-dealkylation sites (tertiary alicyclic amines) is 1. The minimum absolute atomic E-state index is 0.0171. The molecule has 1 aliphatic heterocycles. The molecule has 3 aromatic rings. The number of allylic oxidation sites excluding steroid dienone is 4. The summed E-state index contributed by atoms with van der Waals surface area (Å²) in [5.74, 6) is -1.36. The van der Waals surface area contributed by atoms with Gasteiger partial charge < -0.3 is 20.3 Å². The van der Waals surface area contributed by atoms with Crippen LogP contribution in [-0.4, -0.2) is 79.6 Å². The van der Waals surface area contributed by atoms with Gasteiger partial charge in [0.15, 0.2) is 5.65 Å². The van der Waals surface area contributed by atoms with Crippen LogP contribution in [0.4, 0.5) is 14.5 Å². The molecular weight excluding hydrogens is 580 g/mol. The Morgan fingerprint density at radius 3 is 2.84 bits per heavy atom. The van der Waals surface area contributed by atoms with Crippen LogP contribution in [0.5, 0.6) is 0 Å². The topological polar surface area (TPSA) is 142 Å². The number of carbonyl (C=O) groups is 2. The molecule has 12 nitrogen and oxygen atoms in total. The van der Waals surface area contributed by atoms with Crippen LogP contribution in [0.3, 0.4) is 0 Å². The Labute approximate surface area is 250 Å². The van der Waals surface area contributed by atoms with E-state index < -0.39 is 18.4 Å². The van der Waals surface area contributed by atoms with E-state index in [-0.39, 0.29) is 35.5 Å². The van der Waals surface area contributed by atoms with Crippen molar-refractivity contribution in [1.29, 1.82) is 5.26 Å². The van der Waals surface area contributed by atoms with Crippen molar-refractivity contribution in [3.63, 3.8) is 0 Å². The molecule has 1 atom stereocenters. The molecule has 226 valence electrons. The molecule has 0 bridgehead atoms. The van der Waals surface area contributed by atoms with Crippen molar-refractivity contribution in [3.05, 3.63) is 64.9 Å². The number of halogens is 2. The van der Waals surface area contributed by atoms with E-state index in [2.05, 4.69) is 31.9 Å². The number of nitriles is 1. The van der Waals surface area contributed by atoms with Crippen LogP contribution in [0.25, 0.3) is 5.65 Å². The zero-order valence-corrected chi connectivity index (χ0v) is 24.3. The number of piperidine rings is 1. The van der Waals surface area contributed by atoms with Gasteiger partial charge in [-0.1, -0.05) is 0 Å². The lowest BCUT2D eigenvalue weighted by Gasteiger charge is -2.32. The smallest absolute Gasteiger partial charge is 0.387 e. The highest BCUT2D eigenvalue weighted by Gasteiger charge is 2.31. The second kappa shape index (κ2) is 13.8. The third-order valence-corrected chi connectivity index (χ3v) is 8.20. The van der Waals surface area contributed by atoms with E-state index in [1.165, 1.54) is 39.4 Å². The number of anilines is 1. The van der Waals surface area contributed by atoms with E-state index in [0.29, 0.717) is 43.8 Å². The number of carbonyl (C=O) groups excluding carboxylic acids is 2. The van der Waals surface area contributed by atoms with Crippen LogP contribution in [0, 0.1) is 11.3 Å². The molecule has 4 heterocycles. The lowest BCUT2D eigenvalue weighted by atomic mass is 9.94. The average Bonchev–Trinajstić information content (AvgIpc) is 3.61. The fourth-order valence-corrected chi connectivity index (χ4v) is 5.76. The predicted octanol–water partition coefficient (Wildman–Crippen LogP) is 3.53. The number of aromatic nitrogens is 5. The first kappa shape index (κ1) is 30.2. The number of hydrogen-bond acceptors (Lipinski definition) is 9. The summed E-state index contributed by atoms with van der Waals surface area (Å²) in [7, 11) is 0. The Morgan fingerprint density at radius 2 is 2.09 bits per heavy atom. The Kier molecular flexibility index (Phi) is 9.68. The van der Waals surface area contributed by atoms with Gasteiger partial charge in [0.2, 0.25) is 5.91 Å². The molecule has 0 spiro atoms. The van der Waals surface area contributed by atoms with Gasteiger partial charge in [-0.15, -0.1) is 11.8 Å². The number of hydrogen-bond donors (Lipinski definition) is 2. The van der Waals surface area contributed by atoms with Gasteiger partial charge >= 0.3 is 6.61 Å². The number of alkyl halides is 2. The van der Waals surface area contributed by atoms with Gasteiger partial charge in [-0.2, -0.15) is 24.2 Å². The van der Waals surface area contributed by atoms with Crippen molar-refractivity contribution in [2.75, 3.05) is 31.2 Å². The first-order valence-corrected chi connectivity index (χ1v) is 15.0. The molecule has 0 radical (unpaired) electrons. The standard InChI is InChI=1S/C28H31F2N9O3S/c1-43-19-4-5-23(42-28(29)30)20(14-19)25-22(35-27(41)21-15-34-39-11-3-10-33-26(21)39)16-38(36-25)17-24(40)37-12-6-18(7-13-37)32-9-2-8-31/h3-5,10-11,15-16,18,20,28,32H,2,6-7,9,12-14,17H2,1H3,(H,35,41). The van der Waals surface area contributed by atoms with Gasteiger partial charge in [0, 0.05) is 50.7 Å². The van der Waals surface area contributed by atoms with E-state index in [4.69, 9.17) is 10.00 Å². The van der Waals surface area contributed by atoms with Crippen molar-refractivity contribution in [1.82, 2.24) is 34.6 Å².